The summed E-state index contributed by atoms with van der Waals surface area (Å²) in [7, 11) is 1.64. The number of rotatable bonds is 3. The van der Waals surface area contributed by atoms with Crippen molar-refractivity contribution in [1.82, 2.24) is 4.90 Å². The van der Waals surface area contributed by atoms with E-state index in [2.05, 4.69) is 0 Å². The Morgan fingerprint density at radius 1 is 1.52 bits per heavy atom. The van der Waals surface area contributed by atoms with Gasteiger partial charge in [-0.05, 0) is 31.9 Å². The molecule has 1 fully saturated rings. The van der Waals surface area contributed by atoms with E-state index in [1.54, 1.807) is 12.0 Å². The maximum atomic E-state index is 12.5. The Morgan fingerprint density at radius 2 is 2.24 bits per heavy atom. The minimum atomic E-state index is -0.563. The van der Waals surface area contributed by atoms with Crippen molar-refractivity contribution in [2.75, 3.05) is 25.9 Å². The van der Waals surface area contributed by atoms with Crippen molar-refractivity contribution in [3.05, 3.63) is 33.9 Å². The largest absolute Gasteiger partial charge is 0.393 e. The first-order valence-corrected chi connectivity index (χ1v) is 6.75. The minimum Gasteiger partial charge on any atom is -0.393 e. The van der Waals surface area contributed by atoms with E-state index in [4.69, 9.17) is 10.5 Å². The quantitative estimate of drug-likeness (QED) is 0.520. The summed E-state index contributed by atoms with van der Waals surface area (Å²) in [6.07, 6.45) is 1.76. The summed E-state index contributed by atoms with van der Waals surface area (Å²) in [4.78, 5) is 24.4. The number of ether oxygens (including phenoxy) is 1. The first kappa shape index (κ1) is 15.2. The molecular weight excluding hydrogens is 274 g/mol. The highest BCUT2D eigenvalue weighted by atomic mass is 16.6. The Kier molecular flexibility index (Phi) is 4.13. The number of piperidine rings is 1. The monoisotopic (exact) mass is 293 g/mol. The van der Waals surface area contributed by atoms with Gasteiger partial charge in [-0.15, -0.1) is 0 Å². The van der Waals surface area contributed by atoms with E-state index in [0.717, 1.165) is 12.8 Å². The van der Waals surface area contributed by atoms with Crippen LogP contribution in [-0.4, -0.2) is 41.5 Å². The number of nitrogens with two attached hydrogens (primary N) is 1. The zero-order valence-electron chi connectivity index (χ0n) is 12.2. The van der Waals surface area contributed by atoms with Gasteiger partial charge in [0.05, 0.1) is 10.5 Å². The molecule has 1 atom stereocenters. The molecule has 1 saturated heterocycles. The third kappa shape index (κ3) is 3.13. The molecule has 1 unspecified atom stereocenters. The van der Waals surface area contributed by atoms with E-state index < -0.39 is 4.92 Å². The summed E-state index contributed by atoms with van der Waals surface area (Å²) in [5.74, 6) is -0.181. The zero-order chi connectivity index (χ0) is 15.6. The summed E-state index contributed by atoms with van der Waals surface area (Å²) in [5.41, 5.74) is 5.45. The van der Waals surface area contributed by atoms with Gasteiger partial charge < -0.3 is 15.4 Å². The van der Waals surface area contributed by atoms with Gasteiger partial charge in [-0.1, -0.05) is 0 Å². The fourth-order valence-electron chi connectivity index (χ4n) is 2.58. The molecule has 0 aromatic heterocycles. The van der Waals surface area contributed by atoms with Gasteiger partial charge in [0.25, 0.3) is 11.6 Å². The molecule has 1 aromatic rings. The van der Waals surface area contributed by atoms with Crippen LogP contribution < -0.4 is 5.73 Å². The molecule has 7 nitrogen and oxygen atoms in total. The molecule has 2 rings (SSSR count). The van der Waals surface area contributed by atoms with Crippen LogP contribution in [0.2, 0.25) is 0 Å². The van der Waals surface area contributed by atoms with Crippen molar-refractivity contribution < 1.29 is 14.5 Å². The van der Waals surface area contributed by atoms with Crippen molar-refractivity contribution in [2.24, 2.45) is 0 Å². The number of carbonyl (C=O) groups is 1. The highest BCUT2D eigenvalue weighted by Gasteiger charge is 2.33. The predicted molar refractivity (Wildman–Crippen MR) is 78.1 cm³/mol. The first-order chi connectivity index (χ1) is 9.86. The van der Waals surface area contributed by atoms with Crippen molar-refractivity contribution in [2.45, 2.75) is 25.4 Å². The molecule has 2 N–H and O–H groups in total. The smallest absolute Gasteiger partial charge is 0.292 e. The second-order valence-corrected chi connectivity index (χ2v) is 5.51. The zero-order valence-corrected chi connectivity index (χ0v) is 12.2. The maximum Gasteiger partial charge on any atom is 0.292 e. The summed E-state index contributed by atoms with van der Waals surface area (Å²) in [6, 6.07) is 4.07. The molecule has 0 saturated carbocycles. The van der Waals surface area contributed by atoms with Crippen molar-refractivity contribution in [1.29, 1.82) is 0 Å². The summed E-state index contributed by atoms with van der Waals surface area (Å²) in [5, 5.41) is 10.7. The van der Waals surface area contributed by atoms with Crippen LogP contribution in [0.15, 0.2) is 18.2 Å². The van der Waals surface area contributed by atoms with E-state index in [-0.39, 0.29) is 22.9 Å². The fourth-order valence-corrected chi connectivity index (χ4v) is 2.58. The van der Waals surface area contributed by atoms with Crippen LogP contribution in [0.3, 0.4) is 0 Å². The number of benzene rings is 1. The first-order valence-electron chi connectivity index (χ1n) is 6.75. The number of nitro benzene ring substituents is 1. The van der Waals surface area contributed by atoms with Crippen LogP contribution in [0.5, 0.6) is 0 Å². The van der Waals surface area contributed by atoms with E-state index in [1.807, 2.05) is 6.92 Å². The molecule has 21 heavy (non-hydrogen) atoms. The number of hydrogen-bond donors (Lipinski definition) is 1. The van der Waals surface area contributed by atoms with Crippen LogP contribution in [0.4, 0.5) is 11.4 Å². The SMILES string of the molecule is COC1(C)CCCN(C(=O)c2ccc([N+](=O)[O-])c(N)c2)C1. The Balaban J connectivity index is 2.20. The Hall–Kier alpha value is -2.15. The Morgan fingerprint density at radius 3 is 2.81 bits per heavy atom. The van der Waals surface area contributed by atoms with Crippen molar-refractivity contribution >= 4 is 17.3 Å². The second kappa shape index (κ2) is 5.69. The number of likely N-dealkylation sites (tertiary alicyclic amines) is 1. The number of nitrogen functional groups attached to an aromatic ring is 1. The molecule has 0 radical (unpaired) electrons. The van der Waals surface area contributed by atoms with Gasteiger partial charge in [0, 0.05) is 31.8 Å². The van der Waals surface area contributed by atoms with Crippen LogP contribution >= 0.6 is 0 Å². The molecule has 1 amide bonds. The van der Waals surface area contributed by atoms with E-state index in [9.17, 15) is 14.9 Å². The summed E-state index contributed by atoms with van der Waals surface area (Å²) >= 11 is 0. The van der Waals surface area contributed by atoms with Gasteiger partial charge >= 0.3 is 0 Å². The Labute approximate surface area is 122 Å². The van der Waals surface area contributed by atoms with Gasteiger partial charge in [0.1, 0.15) is 5.69 Å². The van der Waals surface area contributed by atoms with Gasteiger partial charge in [-0.25, -0.2) is 0 Å². The number of carbonyl (C=O) groups excluding carboxylic acids is 1. The normalized spacial score (nSPS) is 22.1. The fraction of sp³-hybridized carbons (Fsp3) is 0.500. The second-order valence-electron chi connectivity index (χ2n) is 5.51. The van der Waals surface area contributed by atoms with Crippen LogP contribution in [-0.2, 0) is 4.74 Å². The lowest BCUT2D eigenvalue weighted by Crippen LogP contribution is -2.49. The lowest BCUT2D eigenvalue weighted by molar-refractivity contribution is -0.383. The number of nitro groups is 1. The van der Waals surface area contributed by atoms with Gasteiger partial charge in [-0.3, -0.25) is 14.9 Å². The molecule has 0 aliphatic carbocycles. The molecule has 7 heteroatoms. The highest BCUT2D eigenvalue weighted by Crippen LogP contribution is 2.27. The topological polar surface area (TPSA) is 98.7 Å². The van der Waals surface area contributed by atoms with Crippen molar-refractivity contribution in [3.8, 4) is 0 Å². The van der Waals surface area contributed by atoms with E-state index >= 15 is 0 Å². The van der Waals surface area contributed by atoms with Gasteiger partial charge in [0.15, 0.2) is 0 Å². The average Bonchev–Trinajstić information content (AvgIpc) is 2.46. The highest BCUT2D eigenvalue weighted by molar-refractivity contribution is 5.95. The van der Waals surface area contributed by atoms with Crippen LogP contribution in [0.25, 0.3) is 0 Å². The molecule has 1 heterocycles. The number of methoxy groups -OCH3 is 1. The van der Waals surface area contributed by atoms with E-state index in [0.29, 0.717) is 18.7 Å². The predicted octanol–water partition coefficient (Wildman–Crippen LogP) is 1.82. The third-order valence-corrected chi connectivity index (χ3v) is 3.91. The van der Waals surface area contributed by atoms with E-state index in [1.165, 1.54) is 18.2 Å². The van der Waals surface area contributed by atoms with Gasteiger partial charge in [-0.2, -0.15) is 0 Å². The molecule has 1 aliphatic rings. The van der Waals surface area contributed by atoms with Gasteiger partial charge in [0.2, 0.25) is 0 Å². The standard InChI is InChI=1S/C14H19N3O4/c1-14(21-2)6-3-7-16(9-14)13(18)10-4-5-12(17(19)20)11(15)8-10/h4-5,8H,3,6-7,9,15H2,1-2H3. The lowest BCUT2D eigenvalue weighted by atomic mass is 9.94. The minimum absolute atomic E-state index is 0.00244. The molecule has 0 bridgehead atoms. The average molecular weight is 293 g/mol. The molecule has 1 aromatic carbocycles. The number of nitrogens with zero attached hydrogens (tertiary/aromatic N) is 2. The number of hydrogen-bond acceptors (Lipinski definition) is 5. The molecular formula is C14H19N3O4. The summed E-state index contributed by atoms with van der Waals surface area (Å²) in [6.45, 7) is 3.12. The van der Waals surface area contributed by atoms with Crippen molar-refractivity contribution in [3.63, 3.8) is 0 Å². The molecule has 0 spiro atoms. The third-order valence-electron chi connectivity index (χ3n) is 3.91. The number of amides is 1. The van der Waals surface area contributed by atoms with Crippen LogP contribution in [0.1, 0.15) is 30.1 Å². The summed E-state index contributed by atoms with van der Waals surface area (Å²) < 4.78 is 5.46. The molecule has 1 aliphatic heterocycles. The Bertz CT molecular complexity index is 575. The maximum absolute atomic E-state index is 12.5. The number of anilines is 1. The van der Waals surface area contributed by atoms with Crippen LogP contribution in [0, 0.1) is 10.1 Å². The molecule has 114 valence electrons. The lowest BCUT2D eigenvalue weighted by Gasteiger charge is -2.39.